The summed E-state index contributed by atoms with van der Waals surface area (Å²) in [5.41, 5.74) is 0. The van der Waals surface area contributed by atoms with Crippen molar-refractivity contribution in [1.29, 1.82) is 0 Å². The van der Waals surface area contributed by atoms with Crippen molar-refractivity contribution in [2.75, 3.05) is 66.1 Å². The molecule has 0 saturated carbocycles. The monoisotopic (exact) mass is 407 g/mol. The largest absolute Gasteiger partial charge is 0.379 e. The standard InChI is InChI=1S/C21H37N5OS/c1-3-25-10-7-18(8-11-25)6-9-23-21(22-2)24-17-19(20-5-4-16-28-20)26-12-14-27-15-13-26/h4-5,16,18-19H,3,6-15,17H2,1-2H3,(H2,22,23,24). The fourth-order valence-corrected chi connectivity index (χ4v) is 5.04. The van der Waals surface area contributed by atoms with Crippen LogP contribution in [0.15, 0.2) is 22.5 Å². The average Bonchev–Trinajstić information content (AvgIpc) is 3.28. The molecule has 3 heterocycles. The Morgan fingerprint density at radius 2 is 2.04 bits per heavy atom. The van der Waals surface area contributed by atoms with Gasteiger partial charge in [-0.05, 0) is 56.3 Å². The Morgan fingerprint density at radius 1 is 1.25 bits per heavy atom. The highest BCUT2D eigenvalue weighted by atomic mass is 32.1. The minimum Gasteiger partial charge on any atom is -0.379 e. The third-order valence-corrected chi connectivity index (χ3v) is 7.02. The molecule has 2 aliphatic heterocycles. The number of thiophene rings is 1. The fourth-order valence-electron chi connectivity index (χ4n) is 4.18. The normalized spacial score (nSPS) is 21.6. The number of guanidine groups is 1. The second-order valence-corrected chi connectivity index (χ2v) is 8.71. The second kappa shape index (κ2) is 11.8. The van der Waals surface area contributed by atoms with E-state index in [4.69, 9.17) is 4.74 Å². The Bertz CT molecular complexity index is 565. The number of likely N-dealkylation sites (tertiary alicyclic amines) is 1. The van der Waals surface area contributed by atoms with E-state index in [9.17, 15) is 0 Å². The minimum absolute atomic E-state index is 0.376. The Hall–Kier alpha value is -1.15. The van der Waals surface area contributed by atoms with Crippen LogP contribution in [0, 0.1) is 5.92 Å². The van der Waals surface area contributed by atoms with Gasteiger partial charge in [-0.3, -0.25) is 9.89 Å². The molecule has 0 amide bonds. The van der Waals surface area contributed by atoms with Gasteiger partial charge in [-0.25, -0.2) is 0 Å². The molecule has 1 aromatic rings. The number of ether oxygens (including phenoxy) is 1. The van der Waals surface area contributed by atoms with Gasteiger partial charge in [0.05, 0.1) is 19.3 Å². The van der Waals surface area contributed by atoms with Crippen LogP contribution in [0.25, 0.3) is 0 Å². The van der Waals surface area contributed by atoms with Crippen molar-refractivity contribution >= 4 is 17.3 Å². The first-order valence-electron chi connectivity index (χ1n) is 10.8. The van der Waals surface area contributed by atoms with E-state index in [-0.39, 0.29) is 0 Å². The maximum absolute atomic E-state index is 5.54. The predicted molar refractivity (Wildman–Crippen MR) is 118 cm³/mol. The third kappa shape index (κ3) is 6.44. The van der Waals surface area contributed by atoms with E-state index in [1.54, 1.807) is 0 Å². The molecule has 158 valence electrons. The van der Waals surface area contributed by atoms with Crippen LogP contribution in [0.1, 0.15) is 37.1 Å². The van der Waals surface area contributed by atoms with Crippen LogP contribution in [-0.4, -0.2) is 81.8 Å². The Balaban J connectivity index is 1.43. The van der Waals surface area contributed by atoms with Crippen LogP contribution in [0.5, 0.6) is 0 Å². The van der Waals surface area contributed by atoms with Crippen molar-refractivity contribution < 1.29 is 4.74 Å². The van der Waals surface area contributed by atoms with Gasteiger partial charge in [-0.15, -0.1) is 11.3 Å². The van der Waals surface area contributed by atoms with E-state index < -0.39 is 0 Å². The molecule has 6 nitrogen and oxygen atoms in total. The first-order valence-corrected chi connectivity index (χ1v) is 11.7. The van der Waals surface area contributed by atoms with Crippen molar-refractivity contribution in [2.45, 2.75) is 32.2 Å². The van der Waals surface area contributed by atoms with E-state index in [1.807, 2.05) is 18.4 Å². The van der Waals surface area contributed by atoms with Gasteiger partial charge in [-0.2, -0.15) is 0 Å². The molecule has 0 radical (unpaired) electrons. The molecular weight excluding hydrogens is 370 g/mol. The molecule has 28 heavy (non-hydrogen) atoms. The van der Waals surface area contributed by atoms with Gasteiger partial charge in [0.25, 0.3) is 0 Å². The summed E-state index contributed by atoms with van der Waals surface area (Å²) in [6, 6.07) is 4.76. The van der Waals surface area contributed by atoms with E-state index in [2.05, 4.69) is 49.9 Å². The Morgan fingerprint density at radius 3 is 2.68 bits per heavy atom. The molecule has 0 aromatic carbocycles. The molecule has 0 spiro atoms. The van der Waals surface area contributed by atoms with Gasteiger partial charge in [0.15, 0.2) is 5.96 Å². The first-order chi connectivity index (χ1) is 13.8. The van der Waals surface area contributed by atoms with Gasteiger partial charge >= 0.3 is 0 Å². The average molecular weight is 408 g/mol. The molecule has 1 atom stereocenters. The van der Waals surface area contributed by atoms with Gasteiger partial charge in [-0.1, -0.05) is 13.0 Å². The Kier molecular flexibility index (Phi) is 9.05. The molecule has 1 unspecified atom stereocenters. The smallest absolute Gasteiger partial charge is 0.191 e. The summed E-state index contributed by atoms with van der Waals surface area (Å²) in [5.74, 6) is 1.77. The number of hydrogen-bond acceptors (Lipinski definition) is 5. The topological polar surface area (TPSA) is 52.1 Å². The molecule has 7 heteroatoms. The maximum atomic E-state index is 5.54. The quantitative estimate of drug-likeness (QED) is 0.512. The zero-order chi connectivity index (χ0) is 19.6. The molecule has 0 bridgehead atoms. The summed E-state index contributed by atoms with van der Waals surface area (Å²) in [6.45, 7) is 11.5. The van der Waals surface area contributed by atoms with E-state index in [1.165, 1.54) is 43.8 Å². The summed E-state index contributed by atoms with van der Waals surface area (Å²) in [4.78, 5) is 10.9. The zero-order valence-electron chi connectivity index (χ0n) is 17.5. The van der Waals surface area contributed by atoms with Crippen molar-refractivity contribution in [3.8, 4) is 0 Å². The molecule has 1 aromatic heterocycles. The molecule has 2 saturated heterocycles. The van der Waals surface area contributed by atoms with E-state index in [0.717, 1.165) is 51.3 Å². The van der Waals surface area contributed by atoms with Crippen molar-refractivity contribution in [3.63, 3.8) is 0 Å². The fraction of sp³-hybridized carbons (Fsp3) is 0.762. The van der Waals surface area contributed by atoms with E-state index >= 15 is 0 Å². The lowest BCUT2D eigenvalue weighted by Gasteiger charge is -2.34. The second-order valence-electron chi connectivity index (χ2n) is 7.73. The minimum atomic E-state index is 0.376. The van der Waals surface area contributed by atoms with Crippen LogP contribution >= 0.6 is 11.3 Å². The van der Waals surface area contributed by atoms with Crippen molar-refractivity contribution in [1.82, 2.24) is 20.4 Å². The van der Waals surface area contributed by atoms with Crippen LogP contribution in [-0.2, 0) is 4.74 Å². The Labute approximate surface area is 174 Å². The molecule has 2 aliphatic rings. The molecule has 0 aliphatic carbocycles. The summed E-state index contributed by atoms with van der Waals surface area (Å²) in [7, 11) is 1.87. The molecule has 3 rings (SSSR count). The summed E-state index contributed by atoms with van der Waals surface area (Å²) in [6.07, 6.45) is 3.90. The highest BCUT2D eigenvalue weighted by Gasteiger charge is 2.23. The number of aliphatic imine (C=N–C) groups is 1. The lowest BCUT2D eigenvalue weighted by molar-refractivity contribution is 0.0177. The summed E-state index contributed by atoms with van der Waals surface area (Å²) in [5, 5.41) is 9.26. The number of morpholine rings is 1. The van der Waals surface area contributed by atoms with Gasteiger partial charge in [0.1, 0.15) is 0 Å². The zero-order valence-corrected chi connectivity index (χ0v) is 18.3. The van der Waals surface area contributed by atoms with Gasteiger partial charge < -0.3 is 20.3 Å². The van der Waals surface area contributed by atoms with Crippen molar-refractivity contribution in [2.24, 2.45) is 10.9 Å². The van der Waals surface area contributed by atoms with Crippen LogP contribution in [0.2, 0.25) is 0 Å². The molecule has 2 N–H and O–H groups in total. The highest BCUT2D eigenvalue weighted by molar-refractivity contribution is 7.10. The van der Waals surface area contributed by atoms with Crippen LogP contribution < -0.4 is 10.6 Å². The summed E-state index contributed by atoms with van der Waals surface area (Å²) >= 11 is 1.84. The lowest BCUT2D eigenvalue weighted by atomic mass is 9.93. The van der Waals surface area contributed by atoms with Crippen molar-refractivity contribution in [3.05, 3.63) is 22.4 Å². The SMILES string of the molecule is CCN1CCC(CCNC(=NC)NCC(c2cccs2)N2CCOCC2)CC1. The van der Waals surface area contributed by atoms with Gasteiger partial charge in [0.2, 0.25) is 0 Å². The highest BCUT2D eigenvalue weighted by Crippen LogP contribution is 2.25. The number of nitrogens with zero attached hydrogens (tertiary/aromatic N) is 3. The predicted octanol–water partition coefficient (Wildman–Crippen LogP) is 2.41. The summed E-state index contributed by atoms with van der Waals surface area (Å²) < 4.78 is 5.54. The van der Waals surface area contributed by atoms with Crippen LogP contribution in [0.3, 0.4) is 0 Å². The number of hydrogen-bond donors (Lipinski definition) is 2. The third-order valence-electron chi connectivity index (χ3n) is 6.04. The number of nitrogens with one attached hydrogen (secondary N) is 2. The molecule has 2 fully saturated rings. The van der Waals surface area contributed by atoms with Crippen LogP contribution in [0.4, 0.5) is 0 Å². The van der Waals surface area contributed by atoms with Gasteiger partial charge in [0, 0.05) is 38.1 Å². The molecular formula is C21H37N5OS. The van der Waals surface area contributed by atoms with E-state index in [0.29, 0.717) is 6.04 Å². The lowest BCUT2D eigenvalue weighted by Crippen LogP contribution is -2.46. The first kappa shape index (κ1) is 21.6. The maximum Gasteiger partial charge on any atom is 0.191 e. The number of rotatable bonds is 8. The number of piperidine rings is 1.